The highest BCUT2D eigenvalue weighted by Crippen LogP contribution is 2.36. The number of aromatic nitrogens is 1. The number of hydrogen-bond acceptors (Lipinski definition) is 1. The van der Waals surface area contributed by atoms with Crippen molar-refractivity contribution in [1.82, 2.24) is 4.57 Å². The Morgan fingerprint density at radius 3 is 2.04 bits per heavy atom. The molecule has 0 aliphatic rings. The Morgan fingerprint density at radius 2 is 1.48 bits per heavy atom. The average Bonchev–Trinajstić information content (AvgIpc) is 2.96. The molecule has 0 spiro atoms. The molecule has 0 fully saturated rings. The Hall–Kier alpha value is -2.36. The van der Waals surface area contributed by atoms with Crippen LogP contribution in [0, 0.1) is 6.92 Å². The van der Waals surface area contributed by atoms with Crippen LogP contribution in [-0.4, -0.2) is 16.3 Å². The Kier molecular flexibility index (Phi) is 5.15. The van der Waals surface area contributed by atoms with E-state index in [-0.39, 0.29) is 12.6 Å². The lowest BCUT2D eigenvalue weighted by molar-refractivity contribution is 0.299. The van der Waals surface area contributed by atoms with E-state index in [1.54, 1.807) is 0 Å². The first kappa shape index (κ1) is 18.0. The van der Waals surface area contributed by atoms with Gasteiger partial charge in [-0.1, -0.05) is 76.6 Å². The van der Waals surface area contributed by atoms with Gasteiger partial charge in [0.15, 0.2) is 0 Å². The van der Waals surface area contributed by atoms with Crippen LogP contribution in [0.1, 0.15) is 28.4 Å². The summed E-state index contributed by atoms with van der Waals surface area (Å²) in [5.74, 6) is 0. The number of halogens is 1. The highest BCUT2D eigenvalue weighted by molar-refractivity contribution is 9.10. The lowest BCUT2D eigenvalue weighted by Crippen LogP contribution is -2.14. The van der Waals surface area contributed by atoms with Gasteiger partial charge in [-0.2, -0.15) is 0 Å². The third kappa shape index (κ3) is 3.33. The van der Waals surface area contributed by atoms with Crippen LogP contribution in [0.15, 0.2) is 83.3 Å². The van der Waals surface area contributed by atoms with Gasteiger partial charge in [-0.15, -0.1) is 0 Å². The summed E-state index contributed by atoms with van der Waals surface area (Å²) in [6.07, 6.45) is 0.655. The summed E-state index contributed by atoms with van der Waals surface area (Å²) < 4.78 is 3.47. The maximum atomic E-state index is 9.63. The van der Waals surface area contributed by atoms with E-state index in [1.165, 1.54) is 33.3 Å². The van der Waals surface area contributed by atoms with Gasteiger partial charge in [0.2, 0.25) is 0 Å². The van der Waals surface area contributed by atoms with Gasteiger partial charge in [-0.05, 0) is 48.2 Å². The smallest absolute Gasteiger partial charge is 0.0841 e. The molecule has 2 nitrogen and oxygen atoms in total. The van der Waals surface area contributed by atoms with E-state index >= 15 is 0 Å². The second-order valence-electron chi connectivity index (χ2n) is 6.79. The van der Waals surface area contributed by atoms with E-state index in [2.05, 4.69) is 106 Å². The van der Waals surface area contributed by atoms with E-state index < -0.39 is 0 Å². The number of benzene rings is 3. The molecule has 3 aromatic carbocycles. The Bertz CT molecular complexity index is 1010. The van der Waals surface area contributed by atoms with E-state index in [4.69, 9.17) is 0 Å². The lowest BCUT2D eigenvalue weighted by atomic mass is 9.98. The zero-order chi connectivity index (χ0) is 18.8. The molecule has 3 heteroatoms. The summed E-state index contributed by atoms with van der Waals surface area (Å²) in [7, 11) is 0. The van der Waals surface area contributed by atoms with E-state index in [9.17, 15) is 5.11 Å². The van der Waals surface area contributed by atoms with E-state index in [0.717, 1.165) is 4.47 Å². The van der Waals surface area contributed by atoms with Gasteiger partial charge in [0.25, 0.3) is 0 Å². The second-order valence-corrected chi connectivity index (χ2v) is 7.71. The molecule has 0 aliphatic heterocycles. The molecule has 27 heavy (non-hydrogen) atoms. The molecule has 0 saturated carbocycles. The zero-order valence-corrected chi connectivity index (χ0v) is 16.9. The van der Waals surface area contributed by atoms with Crippen LogP contribution in [0.3, 0.4) is 0 Å². The van der Waals surface area contributed by atoms with Crippen molar-refractivity contribution in [1.29, 1.82) is 0 Å². The van der Waals surface area contributed by atoms with Crippen LogP contribution < -0.4 is 0 Å². The molecule has 4 aromatic rings. The lowest BCUT2D eigenvalue weighted by Gasteiger charge is -2.23. The number of rotatable bonds is 5. The molecular weight excluding hydrogens is 398 g/mol. The standard InChI is InChI=1S/C24H22BrNO/c1-17-21(14-15-27)22-16-20(25)12-13-23(22)26(17)24(18-8-4-2-5-9-18)19-10-6-3-7-11-19/h2-13,16,24,27H,14-15H2,1H3. The van der Waals surface area contributed by atoms with Crippen molar-refractivity contribution in [2.45, 2.75) is 19.4 Å². The number of fused-ring (bicyclic) bond motifs is 1. The van der Waals surface area contributed by atoms with Gasteiger partial charge >= 0.3 is 0 Å². The van der Waals surface area contributed by atoms with Crippen molar-refractivity contribution in [2.24, 2.45) is 0 Å². The maximum Gasteiger partial charge on any atom is 0.0841 e. The topological polar surface area (TPSA) is 25.2 Å². The molecule has 0 saturated heterocycles. The number of aliphatic hydroxyl groups excluding tert-OH is 1. The van der Waals surface area contributed by atoms with Gasteiger partial charge in [-0.25, -0.2) is 0 Å². The molecule has 0 unspecified atom stereocenters. The summed E-state index contributed by atoms with van der Waals surface area (Å²) in [5.41, 5.74) is 6.11. The first-order valence-corrected chi connectivity index (χ1v) is 9.99. The fourth-order valence-corrected chi connectivity index (χ4v) is 4.36. The SMILES string of the molecule is Cc1c(CCO)c2cc(Br)ccc2n1C(c1ccccc1)c1ccccc1. The first-order valence-electron chi connectivity index (χ1n) is 9.20. The summed E-state index contributed by atoms with van der Waals surface area (Å²) in [6.45, 7) is 2.31. The second kappa shape index (κ2) is 7.71. The molecule has 0 amide bonds. The van der Waals surface area contributed by atoms with Crippen LogP contribution in [0.4, 0.5) is 0 Å². The van der Waals surface area contributed by atoms with Crippen molar-refractivity contribution >= 4 is 26.8 Å². The third-order valence-electron chi connectivity index (χ3n) is 5.19. The van der Waals surface area contributed by atoms with E-state index in [0.29, 0.717) is 6.42 Å². The van der Waals surface area contributed by atoms with Gasteiger partial charge in [-0.3, -0.25) is 0 Å². The summed E-state index contributed by atoms with van der Waals surface area (Å²) >= 11 is 3.61. The Morgan fingerprint density at radius 1 is 0.889 bits per heavy atom. The predicted molar refractivity (Wildman–Crippen MR) is 115 cm³/mol. The number of nitrogens with zero attached hydrogens (tertiary/aromatic N) is 1. The van der Waals surface area contributed by atoms with Crippen LogP contribution in [0.25, 0.3) is 10.9 Å². The Balaban J connectivity index is 2.04. The minimum absolute atomic E-state index is 0.0866. The van der Waals surface area contributed by atoms with Gasteiger partial charge < -0.3 is 9.67 Å². The molecule has 136 valence electrons. The number of hydrogen-bond donors (Lipinski definition) is 1. The monoisotopic (exact) mass is 419 g/mol. The largest absolute Gasteiger partial charge is 0.396 e. The molecule has 0 atom stereocenters. The van der Waals surface area contributed by atoms with Crippen molar-refractivity contribution in [3.05, 3.63) is 106 Å². The maximum absolute atomic E-state index is 9.63. The average molecular weight is 420 g/mol. The molecule has 1 aromatic heterocycles. The quantitative estimate of drug-likeness (QED) is 0.428. The van der Waals surface area contributed by atoms with Crippen LogP contribution in [0.2, 0.25) is 0 Å². The molecule has 4 rings (SSSR count). The fraction of sp³-hybridized carbons (Fsp3) is 0.167. The first-order chi connectivity index (χ1) is 13.2. The Labute approximate surface area is 168 Å². The highest BCUT2D eigenvalue weighted by Gasteiger charge is 2.23. The minimum atomic E-state index is 0.0866. The molecule has 1 heterocycles. The van der Waals surface area contributed by atoms with Crippen LogP contribution in [-0.2, 0) is 6.42 Å². The predicted octanol–water partition coefficient (Wildman–Crippen LogP) is 5.88. The highest BCUT2D eigenvalue weighted by atomic mass is 79.9. The normalized spacial score (nSPS) is 11.4. The molecule has 1 N–H and O–H groups in total. The molecule has 0 bridgehead atoms. The fourth-order valence-electron chi connectivity index (χ4n) is 4.00. The third-order valence-corrected chi connectivity index (χ3v) is 5.69. The molecule has 0 radical (unpaired) electrons. The van der Waals surface area contributed by atoms with Crippen LogP contribution in [0.5, 0.6) is 0 Å². The zero-order valence-electron chi connectivity index (χ0n) is 15.3. The van der Waals surface area contributed by atoms with Gasteiger partial charge in [0, 0.05) is 27.7 Å². The van der Waals surface area contributed by atoms with Crippen molar-refractivity contribution in [2.75, 3.05) is 6.61 Å². The summed E-state index contributed by atoms with van der Waals surface area (Å²) in [5, 5.41) is 10.8. The van der Waals surface area contributed by atoms with Gasteiger partial charge in [0.1, 0.15) is 0 Å². The van der Waals surface area contributed by atoms with Gasteiger partial charge in [0.05, 0.1) is 6.04 Å². The van der Waals surface area contributed by atoms with Crippen molar-refractivity contribution in [3.8, 4) is 0 Å². The van der Waals surface area contributed by atoms with Crippen LogP contribution >= 0.6 is 15.9 Å². The number of aliphatic hydroxyl groups is 1. The summed E-state index contributed by atoms with van der Waals surface area (Å²) in [4.78, 5) is 0. The molecule has 0 aliphatic carbocycles. The minimum Gasteiger partial charge on any atom is -0.396 e. The van der Waals surface area contributed by atoms with Crippen molar-refractivity contribution < 1.29 is 5.11 Å². The molecular formula is C24H22BrNO. The van der Waals surface area contributed by atoms with Crippen molar-refractivity contribution in [3.63, 3.8) is 0 Å². The van der Waals surface area contributed by atoms with E-state index in [1.807, 2.05) is 0 Å². The summed E-state index contributed by atoms with van der Waals surface area (Å²) in [6, 6.07) is 27.8.